The minimum Gasteiger partial charge on any atom is -0.458 e. The zero-order chi connectivity index (χ0) is 61.7. The molecule has 29 nitrogen and oxygen atoms in total. The van der Waals surface area contributed by atoms with Crippen LogP contribution in [-0.2, 0) is 102 Å². The first-order valence-electron chi connectivity index (χ1n) is 28.2. The molecule has 8 rings (SSSR count). The Morgan fingerprint density at radius 2 is 1.28 bits per heavy atom. The number of pyridine rings is 2. The van der Waals surface area contributed by atoms with E-state index in [2.05, 4.69) is 37.2 Å². The van der Waals surface area contributed by atoms with Crippen molar-refractivity contribution in [2.45, 2.75) is 83.2 Å². The Balaban J connectivity index is 0.654. The maximum atomic E-state index is 15.4. The normalized spacial score (nSPS) is 17.9. The summed E-state index contributed by atoms with van der Waals surface area (Å²) in [6.45, 7) is 2.82. The summed E-state index contributed by atoms with van der Waals surface area (Å²) in [5, 5.41) is 29.4. The Morgan fingerprint density at radius 3 is 1.87 bits per heavy atom. The van der Waals surface area contributed by atoms with E-state index >= 15 is 4.39 Å². The number of carbonyl (C=O) groups is 11. The zero-order valence-corrected chi connectivity index (χ0v) is 47.5. The second kappa shape index (κ2) is 29.0. The molecule has 1 fully saturated rings. The third-order valence-corrected chi connectivity index (χ3v) is 15.2. The van der Waals surface area contributed by atoms with Crippen LogP contribution in [0, 0.1) is 12.7 Å². The van der Waals surface area contributed by atoms with E-state index in [-0.39, 0.29) is 109 Å². The van der Waals surface area contributed by atoms with Crippen molar-refractivity contribution in [2.24, 2.45) is 0 Å². The van der Waals surface area contributed by atoms with E-state index in [1.54, 1.807) is 19.9 Å². The fraction of sp³-hybridized carbons (Fsp3) is 0.518. The number of fused-ring (bicyclic) bond motifs is 5. The number of esters is 1. The summed E-state index contributed by atoms with van der Waals surface area (Å²) in [6.07, 6.45) is 3.26. The molecule has 1 aliphatic carbocycles. The summed E-state index contributed by atoms with van der Waals surface area (Å²) in [6, 6.07) is 1.32. The maximum absolute atomic E-state index is 15.4. The lowest BCUT2D eigenvalue weighted by atomic mass is 9.81. The van der Waals surface area contributed by atoms with E-state index in [1.807, 2.05) is 0 Å². The number of cyclic esters (lactones) is 1. The number of nitrogens with zero attached hydrogens (tertiary/aromatic N) is 4. The number of hydrogen-bond acceptors (Lipinski definition) is 19. The average molecular weight is 1200 g/mol. The van der Waals surface area contributed by atoms with Gasteiger partial charge < -0.3 is 75.5 Å². The Morgan fingerprint density at radius 1 is 0.709 bits per heavy atom. The van der Waals surface area contributed by atoms with Crippen molar-refractivity contribution >= 4 is 75.9 Å². The van der Waals surface area contributed by atoms with Gasteiger partial charge in [0.1, 0.15) is 18.5 Å². The number of aryl methyl sites for hydroxylation is 1. The molecule has 1 aromatic carbocycles. The fourth-order valence-electron chi connectivity index (χ4n) is 10.4. The Bertz CT molecular complexity index is 3280. The molecule has 86 heavy (non-hydrogen) atoms. The quantitative estimate of drug-likeness (QED) is 0.0139. The molecular weight excluding hydrogens is 1130 g/mol. The van der Waals surface area contributed by atoms with Crippen LogP contribution in [0.25, 0.3) is 22.3 Å². The molecule has 0 unspecified atom stereocenters. The van der Waals surface area contributed by atoms with Crippen molar-refractivity contribution in [2.75, 3.05) is 105 Å². The number of rotatable bonds is 31. The number of aromatic nitrogens is 2. The largest absolute Gasteiger partial charge is 0.458 e. The molecule has 4 aliphatic heterocycles. The van der Waals surface area contributed by atoms with Crippen molar-refractivity contribution in [1.29, 1.82) is 0 Å². The van der Waals surface area contributed by atoms with Gasteiger partial charge in [0.25, 0.3) is 17.4 Å². The van der Waals surface area contributed by atoms with Crippen LogP contribution in [0.4, 0.5) is 4.39 Å². The highest BCUT2D eigenvalue weighted by molar-refractivity contribution is 6.13. The minimum absolute atomic E-state index is 0.00521. The first-order chi connectivity index (χ1) is 41.3. The molecule has 30 heteroatoms. The smallest absolute Gasteiger partial charge is 0.343 e. The summed E-state index contributed by atoms with van der Waals surface area (Å²) in [5.74, 6) is -6.97. The molecular formula is C56H68FN11O18. The third-order valence-electron chi connectivity index (χ3n) is 15.2. The van der Waals surface area contributed by atoms with Crippen LogP contribution >= 0.6 is 0 Å². The molecule has 8 N–H and O–H groups in total. The number of aliphatic hydroxyl groups is 1. The summed E-state index contributed by atoms with van der Waals surface area (Å²) < 4.78 is 43.7. The van der Waals surface area contributed by atoms with E-state index in [9.17, 15) is 62.6 Å². The first kappa shape index (κ1) is 63.4. The second-order valence-corrected chi connectivity index (χ2v) is 20.6. The standard InChI is InChI=1S/C56H68FN11O18/c1-3-56(81)35-22-40-52-33(29-68(40)54(79)34(35)30-86-55(56)80)51-37(5-4-32-31(2)36(57)23-38(64-52)50(32)51)65-53(78)39-8-12-66(39)49(77)28-63-46(74)27-62-45(73)26-61-44(72)25-60-43(71)24-59-42(70)10-14-82-16-18-84-20-21-85-19-17-83-15-11-58-41(69)9-13-67-47(75)6-7-48(67)76/h6-7,22-23,37,39,81H,3-5,8-21,24-30H2,1-2H3,(H,58,69)(H,59,70)(H,60,71)(H,61,72)(H,62,73)(H,63,74)(H,65,78)/t37-,39-,56-/m1/s1. The zero-order valence-electron chi connectivity index (χ0n) is 47.5. The number of hydrogen-bond donors (Lipinski definition) is 8. The molecule has 3 atom stereocenters. The molecule has 0 saturated carbocycles. The van der Waals surface area contributed by atoms with Gasteiger partial charge in [-0.15, -0.1) is 0 Å². The highest BCUT2D eigenvalue weighted by Gasteiger charge is 2.46. The molecule has 6 heterocycles. The molecule has 10 amide bonds. The second-order valence-electron chi connectivity index (χ2n) is 20.6. The molecule has 0 spiro atoms. The number of amides is 10. The van der Waals surface area contributed by atoms with E-state index in [0.29, 0.717) is 77.0 Å². The highest BCUT2D eigenvalue weighted by atomic mass is 19.1. The number of carbonyl (C=O) groups excluding carboxylic acids is 11. The molecule has 2 aromatic heterocycles. The number of benzene rings is 1. The number of nitrogens with one attached hydrogen (secondary N) is 7. The van der Waals surface area contributed by atoms with E-state index in [4.69, 9.17) is 28.7 Å². The molecule has 3 aromatic rings. The molecule has 0 radical (unpaired) electrons. The Kier molecular flexibility index (Phi) is 21.4. The van der Waals surface area contributed by atoms with E-state index in [0.717, 1.165) is 17.1 Å². The van der Waals surface area contributed by atoms with Crippen molar-refractivity contribution < 1.29 is 85.9 Å². The summed E-state index contributed by atoms with van der Waals surface area (Å²) in [7, 11) is 0. The van der Waals surface area contributed by atoms with Gasteiger partial charge in [-0.3, -0.25) is 57.6 Å². The summed E-state index contributed by atoms with van der Waals surface area (Å²) in [4.78, 5) is 158. The van der Waals surface area contributed by atoms with Gasteiger partial charge in [0.05, 0.1) is 121 Å². The van der Waals surface area contributed by atoms with Gasteiger partial charge in [-0.25, -0.2) is 14.2 Å². The third kappa shape index (κ3) is 15.1. The van der Waals surface area contributed by atoms with Gasteiger partial charge in [-0.05, 0) is 55.4 Å². The predicted molar refractivity (Wildman–Crippen MR) is 295 cm³/mol. The van der Waals surface area contributed by atoms with Crippen molar-refractivity contribution in [1.82, 2.24) is 56.6 Å². The van der Waals surface area contributed by atoms with Gasteiger partial charge in [-0.1, -0.05) is 6.92 Å². The van der Waals surface area contributed by atoms with Crippen LogP contribution in [0.2, 0.25) is 0 Å². The summed E-state index contributed by atoms with van der Waals surface area (Å²) in [5.41, 5.74) is 1.05. The Labute approximate surface area is 490 Å². The van der Waals surface area contributed by atoms with Crippen LogP contribution in [-0.4, -0.2) is 201 Å². The lowest BCUT2D eigenvalue weighted by molar-refractivity contribution is -0.172. The van der Waals surface area contributed by atoms with Crippen LogP contribution < -0.4 is 42.8 Å². The average Bonchev–Trinajstić information content (AvgIpc) is 1.47. The van der Waals surface area contributed by atoms with Crippen molar-refractivity contribution in [3.05, 3.63) is 73.8 Å². The lowest BCUT2D eigenvalue weighted by Gasteiger charge is -2.41. The van der Waals surface area contributed by atoms with E-state index < -0.39 is 121 Å². The molecule has 0 bridgehead atoms. The van der Waals surface area contributed by atoms with Gasteiger partial charge in [0.2, 0.25) is 47.3 Å². The van der Waals surface area contributed by atoms with Crippen molar-refractivity contribution in [3.63, 3.8) is 0 Å². The van der Waals surface area contributed by atoms with Gasteiger partial charge in [0, 0.05) is 67.2 Å². The van der Waals surface area contributed by atoms with Crippen LogP contribution in [0.1, 0.15) is 78.5 Å². The first-order valence-corrected chi connectivity index (χ1v) is 28.2. The van der Waals surface area contributed by atoms with Crippen molar-refractivity contribution in [3.8, 4) is 11.4 Å². The minimum atomic E-state index is -2.06. The molecule has 1 saturated heterocycles. The van der Waals surface area contributed by atoms with E-state index in [1.165, 1.54) is 15.5 Å². The maximum Gasteiger partial charge on any atom is 0.343 e. The van der Waals surface area contributed by atoms with Gasteiger partial charge in [-0.2, -0.15) is 0 Å². The van der Waals surface area contributed by atoms with Crippen LogP contribution in [0.5, 0.6) is 0 Å². The van der Waals surface area contributed by atoms with Crippen LogP contribution in [0.15, 0.2) is 29.1 Å². The van der Waals surface area contributed by atoms with Crippen LogP contribution in [0.3, 0.4) is 0 Å². The van der Waals surface area contributed by atoms with Gasteiger partial charge in [0.15, 0.2) is 5.60 Å². The SMILES string of the molecule is CC[C@]1(O)C(=O)OCc2c1cc1n(c2=O)Cc2c-1nc1cc(F)c(C)c3c1c2[C@H](NC(=O)[C@H]1CCN1C(=O)CNC(=O)CNC(=O)CNC(=O)CNC(=O)CNC(=O)CCOCCOCCOCCOCCNC(=O)CCN1C(=O)C=CC1=O)CC3. The topological polar surface area (TPSA) is 380 Å². The Hall–Kier alpha value is -8.58. The summed E-state index contributed by atoms with van der Waals surface area (Å²) >= 11 is 0. The molecule has 5 aliphatic rings. The monoisotopic (exact) mass is 1200 g/mol. The fourth-order valence-corrected chi connectivity index (χ4v) is 10.4. The number of halogens is 1. The lowest BCUT2D eigenvalue weighted by Crippen LogP contribution is -2.60. The molecule has 462 valence electrons. The predicted octanol–water partition coefficient (Wildman–Crippen LogP) is -3.30. The number of imide groups is 1. The number of likely N-dealkylation sites (tertiary alicyclic amines) is 1. The number of ether oxygens (including phenoxy) is 5. The van der Waals surface area contributed by atoms with Gasteiger partial charge >= 0.3 is 5.97 Å². The highest BCUT2D eigenvalue weighted by Crippen LogP contribution is 2.46.